The summed E-state index contributed by atoms with van der Waals surface area (Å²) in [5, 5.41) is 0.388. The Morgan fingerprint density at radius 1 is 1.40 bits per heavy atom. The maximum absolute atomic E-state index is 12.4. The Labute approximate surface area is 136 Å². The molecule has 1 saturated carbocycles. The second-order valence-corrected chi connectivity index (χ2v) is 8.12. The lowest BCUT2D eigenvalue weighted by molar-refractivity contribution is -0.160. The zero-order chi connectivity index (χ0) is 15.7. The summed E-state index contributed by atoms with van der Waals surface area (Å²) >= 11 is 17.9. The van der Waals surface area contributed by atoms with E-state index in [0.29, 0.717) is 18.1 Å². The quantitative estimate of drug-likeness (QED) is 0.439. The first-order chi connectivity index (χ1) is 8.99. The van der Waals surface area contributed by atoms with Gasteiger partial charge in [0.1, 0.15) is 9.93 Å². The molecular formula is C14H22Cl2O3S. The minimum atomic E-state index is -0.993. The minimum Gasteiger partial charge on any atom is -0.487 e. The van der Waals surface area contributed by atoms with E-state index in [0.717, 1.165) is 0 Å². The van der Waals surface area contributed by atoms with E-state index in [9.17, 15) is 4.79 Å². The van der Waals surface area contributed by atoms with E-state index in [1.165, 1.54) is 0 Å². The summed E-state index contributed by atoms with van der Waals surface area (Å²) in [6.45, 7) is 9.68. The molecule has 0 bridgehead atoms. The molecule has 0 spiro atoms. The summed E-state index contributed by atoms with van der Waals surface area (Å²) < 4.78 is 9.86. The Hall–Kier alpha value is -0.0600. The van der Waals surface area contributed by atoms with E-state index in [1.54, 1.807) is 0 Å². The van der Waals surface area contributed by atoms with Gasteiger partial charge in [0.25, 0.3) is 0 Å². The topological polar surface area (TPSA) is 35.5 Å². The van der Waals surface area contributed by atoms with Crippen molar-refractivity contribution in [3.63, 3.8) is 0 Å². The first-order valence-corrected chi connectivity index (χ1v) is 7.93. The Morgan fingerprint density at radius 2 is 1.95 bits per heavy atom. The average Bonchev–Trinajstić information content (AvgIpc) is 2.48. The predicted octanol–water partition coefficient (Wildman–Crippen LogP) is 4.14. The molecule has 1 aliphatic carbocycles. The molecule has 0 aliphatic heterocycles. The van der Waals surface area contributed by atoms with Gasteiger partial charge in [0.15, 0.2) is 5.05 Å². The van der Waals surface area contributed by atoms with E-state index < -0.39 is 15.9 Å². The van der Waals surface area contributed by atoms with E-state index in [1.807, 2.05) is 34.6 Å². The molecule has 20 heavy (non-hydrogen) atoms. The van der Waals surface area contributed by atoms with E-state index in [2.05, 4.69) is 0 Å². The highest BCUT2D eigenvalue weighted by molar-refractivity contribution is 7.80. The van der Waals surface area contributed by atoms with Gasteiger partial charge in [-0.1, -0.05) is 6.92 Å². The molecule has 3 nitrogen and oxygen atoms in total. The molecule has 1 aliphatic rings. The van der Waals surface area contributed by atoms with Crippen LogP contribution in [-0.2, 0) is 14.3 Å². The monoisotopic (exact) mass is 340 g/mol. The van der Waals surface area contributed by atoms with Gasteiger partial charge in [-0.25, -0.2) is 0 Å². The third-order valence-corrected chi connectivity index (χ3v) is 4.79. The summed E-state index contributed by atoms with van der Waals surface area (Å²) in [4.78, 5) is 12.4. The molecule has 0 amide bonds. The molecular weight excluding hydrogens is 319 g/mol. The van der Waals surface area contributed by atoms with Crippen LogP contribution in [0.5, 0.6) is 0 Å². The normalized spacial score (nSPS) is 29.1. The second-order valence-electron chi connectivity index (χ2n) is 6.17. The van der Waals surface area contributed by atoms with Crippen LogP contribution in [0.1, 0.15) is 41.0 Å². The summed E-state index contributed by atoms with van der Waals surface area (Å²) in [5.74, 6) is -1.24. The molecule has 0 heterocycles. The smallest absolute Gasteiger partial charge is 0.310 e. The predicted molar refractivity (Wildman–Crippen MR) is 85.3 cm³/mol. The van der Waals surface area contributed by atoms with Gasteiger partial charge >= 0.3 is 5.97 Å². The lowest BCUT2D eigenvalue weighted by Crippen LogP contribution is -2.34. The van der Waals surface area contributed by atoms with Crippen molar-refractivity contribution in [1.29, 1.82) is 0 Å². The van der Waals surface area contributed by atoms with Crippen molar-refractivity contribution in [2.45, 2.75) is 51.0 Å². The van der Waals surface area contributed by atoms with Gasteiger partial charge in [0, 0.05) is 11.8 Å². The maximum atomic E-state index is 12.4. The van der Waals surface area contributed by atoms with Crippen LogP contribution in [0, 0.1) is 17.8 Å². The Morgan fingerprint density at radius 3 is 2.40 bits per heavy atom. The first-order valence-electron chi connectivity index (χ1n) is 6.77. The van der Waals surface area contributed by atoms with Gasteiger partial charge in [-0.15, -0.1) is 23.2 Å². The van der Waals surface area contributed by atoms with Crippen molar-refractivity contribution in [2.24, 2.45) is 17.8 Å². The molecule has 0 saturated heterocycles. The highest BCUT2D eigenvalue weighted by Crippen LogP contribution is 2.52. The fourth-order valence-corrected chi connectivity index (χ4v) is 3.52. The second kappa shape index (κ2) is 6.37. The molecule has 6 heteroatoms. The van der Waals surface area contributed by atoms with E-state index >= 15 is 0 Å². The molecule has 0 aromatic rings. The molecule has 116 valence electrons. The van der Waals surface area contributed by atoms with Crippen LogP contribution in [0.15, 0.2) is 0 Å². The van der Waals surface area contributed by atoms with Crippen molar-refractivity contribution in [2.75, 3.05) is 6.61 Å². The number of alkyl halides is 2. The third-order valence-electron chi connectivity index (χ3n) is 3.40. The van der Waals surface area contributed by atoms with Crippen LogP contribution in [0.4, 0.5) is 0 Å². The van der Waals surface area contributed by atoms with Crippen molar-refractivity contribution in [1.82, 2.24) is 0 Å². The molecule has 0 unspecified atom stereocenters. The van der Waals surface area contributed by atoms with E-state index in [4.69, 9.17) is 44.9 Å². The van der Waals surface area contributed by atoms with E-state index in [-0.39, 0.29) is 17.8 Å². The SMILES string of the molecule is CCOC(=S)[C@@H]1[C@H](C(=O)OC(C)(C)C)CC(Cl)(Cl)[C@H]1C. The van der Waals surface area contributed by atoms with Gasteiger partial charge in [0.2, 0.25) is 0 Å². The average molecular weight is 341 g/mol. The molecule has 1 fully saturated rings. The van der Waals surface area contributed by atoms with Crippen LogP contribution >= 0.6 is 35.4 Å². The largest absolute Gasteiger partial charge is 0.487 e. The Balaban J connectivity index is 2.97. The number of halogens is 2. The number of ether oxygens (including phenoxy) is 2. The molecule has 3 atom stereocenters. The minimum absolute atomic E-state index is 0.164. The fraction of sp³-hybridized carbons (Fsp3) is 0.857. The van der Waals surface area contributed by atoms with Crippen LogP contribution in [-0.4, -0.2) is 27.6 Å². The lowest BCUT2D eigenvalue weighted by Gasteiger charge is -2.26. The lowest BCUT2D eigenvalue weighted by atomic mass is 9.91. The van der Waals surface area contributed by atoms with Crippen molar-refractivity contribution in [3.8, 4) is 0 Å². The number of thiocarbonyl (C=S) groups is 1. The fourth-order valence-electron chi connectivity index (χ4n) is 2.43. The van der Waals surface area contributed by atoms with Gasteiger partial charge < -0.3 is 9.47 Å². The van der Waals surface area contributed by atoms with Crippen molar-refractivity contribution < 1.29 is 14.3 Å². The van der Waals surface area contributed by atoms with Crippen LogP contribution < -0.4 is 0 Å². The maximum Gasteiger partial charge on any atom is 0.310 e. The number of carbonyl (C=O) groups excluding carboxylic acids is 1. The number of esters is 1. The Kier molecular flexibility index (Phi) is 5.73. The summed E-state index contributed by atoms with van der Waals surface area (Å²) in [5.41, 5.74) is -0.554. The number of carbonyl (C=O) groups is 1. The highest BCUT2D eigenvalue weighted by atomic mass is 35.5. The zero-order valence-electron chi connectivity index (χ0n) is 12.5. The Bertz CT molecular complexity index is 390. The number of hydrogen-bond donors (Lipinski definition) is 0. The number of hydrogen-bond acceptors (Lipinski definition) is 4. The van der Waals surface area contributed by atoms with Gasteiger partial charge in [-0.3, -0.25) is 4.79 Å². The summed E-state index contributed by atoms with van der Waals surface area (Å²) in [7, 11) is 0. The van der Waals surface area contributed by atoms with Crippen LogP contribution in [0.25, 0.3) is 0 Å². The third kappa shape index (κ3) is 4.22. The molecule has 1 rings (SSSR count). The highest BCUT2D eigenvalue weighted by Gasteiger charge is 2.55. The standard InChI is InChI=1S/C14H22Cl2O3S/c1-6-18-12(20)10-8(2)14(15,16)7-9(10)11(17)19-13(3,4)5/h8-10H,6-7H2,1-5H3/t8-,9+,10-/m0/s1. The van der Waals surface area contributed by atoms with Crippen LogP contribution in [0.2, 0.25) is 0 Å². The summed E-state index contributed by atoms with van der Waals surface area (Å²) in [6, 6.07) is 0. The first kappa shape index (κ1) is 18.0. The van der Waals surface area contributed by atoms with Gasteiger partial charge in [-0.2, -0.15) is 0 Å². The zero-order valence-corrected chi connectivity index (χ0v) is 14.9. The molecule has 0 N–H and O–H groups in total. The van der Waals surface area contributed by atoms with Gasteiger partial charge in [0.05, 0.1) is 12.5 Å². The molecule has 0 aromatic carbocycles. The number of rotatable bonds is 3. The van der Waals surface area contributed by atoms with Crippen LogP contribution in [0.3, 0.4) is 0 Å². The summed E-state index contributed by atoms with van der Waals surface area (Å²) in [6.07, 6.45) is 0.323. The van der Waals surface area contributed by atoms with Crippen molar-refractivity contribution >= 4 is 46.4 Å². The molecule has 0 radical (unpaired) electrons. The van der Waals surface area contributed by atoms with Crippen molar-refractivity contribution in [3.05, 3.63) is 0 Å². The van der Waals surface area contributed by atoms with Gasteiger partial charge in [-0.05, 0) is 46.3 Å². The molecule has 0 aromatic heterocycles.